The van der Waals surface area contributed by atoms with Crippen LogP contribution in [0.5, 0.6) is 0 Å². The fourth-order valence-electron chi connectivity index (χ4n) is 5.25. The number of carbonyl (C=O) groups is 2. The van der Waals surface area contributed by atoms with Gasteiger partial charge < -0.3 is 14.2 Å². The van der Waals surface area contributed by atoms with Crippen molar-refractivity contribution >= 4 is 17.9 Å². The number of piperazine rings is 1. The lowest BCUT2D eigenvalue weighted by Crippen LogP contribution is -2.49. The Morgan fingerprint density at radius 1 is 0.969 bits per heavy atom. The molecule has 0 bridgehead atoms. The summed E-state index contributed by atoms with van der Waals surface area (Å²) >= 11 is 0. The fraction of sp³-hybridized carbons (Fsp3) is 0.462. The molecule has 0 radical (unpaired) electrons. The lowest BCUT2D eigenvalue weighted by Gasteiger charge is -2.36. The van der Waals surface area contributed by atoms with Crippen molar-refractivity contribution in [2.45, 2.75) is 19.3 Å². The Morgan fingerprint density at radius 2 is 1.72 bits per heavy atom. The Balaban J connectivity index is 1.06. The molecule has 5 rings (SSSR count). The molecule has 3 heterocycles. The van der Waals surface area contributed by atoms with E-state index in [9.17, 15) is 9.59 Å². The summed E-state index contributed by atoms with van der Waals surface area (Å²) in [5, 5.41) is 0. The first-order valence-electron chi connectivity index (χ1n) is 11.7. The molecule has 1 unspecified atom stereocenters. The molecule has 2 aromatic rings. The van der Waals surface area contributed by atoms with E-state index in [0.29, 0.717) is 11.5 Å². The molecule has 2 amide bonds. The number of piperidine rings is 1. The van der Waals surface area contributed by atoms with Crippen LogP contribution in [0.25, 0.3) is 6.08 Å². The number of benzene rings is 1. The van der Waals surface area contributed by atoms with Crippen molar-refractivity contribution in [2.24, 2.45) is 11.3 Å². The second-order valence-corrected chi connectivity index (χ2v) is 9.36. The highest BCUT2D eigenvalue weighted by atomic mass is 16.3. The fourth-order valence-corrected chi connectivity index (χ4v) is 5.25. The van der Waals surface area contributed by atoms with E-state index in [1.807, 2.05) is 11.0 Å². The van der Waals surface area contributed by atoms with Crippen molar-refractivity contribution in [1.29, 1.82) is 0 Å². The minimum atomic E-state index is 0.0366. The highest BCUT2D eigenvalue weighted by Crippen LogP contribution is 2.60. The van der Waals surface area contributed by atoms with Crippen LogP contribution in [0.2, 0.25) is 0 Å². The predicted octanol–water partition coefficient (Wildman–Crippen LogP) is 3.38. The number of rotatable bonds is 5. The average Bonchev–Trinajstić information content (AvgIpc) is 3.26. The van der Waals surface area contributed by atoms with Crippen molar-refractivity contribution in [3.8, 4) is 0 Å². The molecule has 0 N–H and O–H groups in total. The van der Waals surface area contributed by atoms with Gasteiger partial charge in [-0.25, -0.2) is 0 Å². The zero-order chi connectivity index (χ0) is 22.0. The molecule has 1 saturated carbocycles. The van der Waals surface area contributed by atoms with Crippen molar-refractivity contribution < 1.29 is 14.0 Å². The molecule has 1 aromatic heterocycles. The van der Waals surface area contributed by atoms with Gasteiger partial charge in [-0.15, -0.1) is 0 Å². The number of carbonyl (C=O) groups excluding carboxylic acids is 2. The van der Waals surface area contributed by atoms with E-state index in [4.69, 9.17) is 4.42 Å². The summed E-state index contributed by atoms with van der Waals surface area (Å²) in [5.41, 5.74) is 1.96. The smallest absolute Gasteiger partial charge is 0.257 e. The molecule has 3 fully saturated rings. The minimum absolute atomic E-state index is 0.0366. The van der Waals surface area contributed by atoms with Crippen LogP contribution in [-0.2, 0) is 4.79 Å². The summed E-state index contributed by atoms with van der Waals surface area (Å²) in [6.07, 6.45) is 10.3. The number of hydrogen-bond acceptors (Lipinski definition) is 4. The van der Waals surface area contributed by atoms with Gasteiger partial charge in [-0.1, -0.05) is 42.5 Å². The SMILES string of the molecule is O=C(c1ccoc1)N1CCC2(CC1)CC2C(=O)N1CCN(C/C=C/c2ccccc2)CC1. The Bertz CT molecular complexity index is 953. The summed E-state index contributed by atoms with van der Waals surface area (Å²) < 4.78 is 5.04. The molecule has 1 aliphatic carbocycles. The zero-order valence-electron chi connectivity index (χ0n) is 18.5. The first-order valence-corrected chi connectivity index (χ1v) is 11.7. The quantitative estimate of drug-likeness (QED) is 0.725. The summed E-state index contributed by atoms with van der Waals surface area (Å²) in [6.45, 7) is 5.87. The van der Waals surface area contributed by atoms with Crippen LogP contribution in [0.4, 0.5) is 0 Å². The van der Waals surface area contributed by atoms with Crippen molar-refractivity contribution in [3.05, 3.63) is 66.1 Å². The largest absolute Gasteiger partial charge is 0.472 e. The topological polar surface area (TPSA) is 57.0 Å². The monoisotopic (exact) mass is 433 g/mol. The molecule has 1 atom stereocenters. The molecule has 2 saturated heterocycles. The molecule has 3 aliphatic rings. The highest BCUT2D eigenvalue weighted by Gasteiger charge is 2.59. The molecule has 6 nitrogen and oxygen atoms in total. The van der Waals surface area contributed by atoms with Crippen LogP contribution >= 0.6 is 0 Å². The third kappa shape index (κ3) is 4.37. The van der Waals surface area contributed by atoms with Gasteiger partial charge in [0.05, 0.1) is 11.8 Å². The van der Waals surface area contributed by atoms with E-state index < -0.39 is 0 Å². The van der Waals surface area contributed by atoms with E-state index in [0.717, 1.165) is 65.1 Å². The van der Waals surface area contributed by atoms with E-state index >= 15 is 0 Å². The Labute approximate surface area is 189 Å². The van der Waals surface area contributed by atoms with Gasteiger partial charge >= 0.3 is 0 Å². The Hall–Kier alpha value is -2.86. The number of amides is 2. The second-order valence-electron chi connectivity index (χ2n) is 9.36. The van der Waals surface area contributed by atoms with Gasteiger partial charge in [0.2, 0.25) is 5.91 Å². The van der Waals surface area contributed by atoms with Gasteiger partial charge in [-0.3, -0.25) is 14.5 Å². The molecule has 32 heavy (non-hydrogen) atoms. The summed E-state index contributed by atoms with van der Waals surface area (Å²) in [6, 6.07) is 12.1. The van der Waals surface area contributed by atoms with Crippen molar-refractivity contribution in [2.75, 3.05) is 45.8 Å². The van der Waals surface area contributed by atoms with E-state index in [2.05, 4.69) is 46.2 Å². The maximum absolute atomic E-state index is 13.1. The zero-order valence-corrected chi connectivity index (χ0v) is 18.5. The molecule has 168 valence electrons. The lowest BCUT2D eigenvalue weighted by molar-refractivity contribution is -0.135. The lowest BCUT2D eigenvalue weighted by atomic mass is 9.90. The first-order chi connectivity index (χ1) is 15.6. The van der Waals surface area contributed by atoms with Gasteiger partial charge in [-0.2, -0.15) is 0 Å². The van der Waals surface area contributed by atoms with Crippen LogP contribution in [0.3, 0.4) is 0 Å². The van der Waals surface area contributed by atoms with E-state index in [-0.39, 0.29) is 17.2 Å². The number of hydrogen-bond donors (Lipinski definition) is 0. The highest BCUT2D eigenvalue weighted by molar-refractivity contribution is 5.94. The van der Waals surface area contributed by atoms with Crippen LogP contribution in [0, 0.1) is 11.3 Å². The molecule has 6 heteroatoms. The van der Waals surface area contributed by atoms with Gasteiger partial charge in [0.25, 0.3) is 5.91 Å². The molecular formula is C26H31N3O3. The molecule has 2 aliphatic heterocycles. The van der Waals surface area contributed by atoms with Gasteiger partial charge in [-0.05, 0) is 36.3 Å². The first kappa shape index (κ1) is 21.0. The number of likely N-dealkylation sites (tertiary alicyclic amines) is 1. The third-order valence-corrected chi connectivity index (χ3v) is 7.46. The van der Waals surface area contributed by atoms with Crippen molar-refractivity contribution in [1.82, 2.24) is 14.7 Å². The second kappa shape index (κ2) is 8.94. The summed E-state index contributed by atoms with van der Waals surface area (Å²) in [5.74, 6) is 0.520. The number of nitrogens with zero attached hydrogens (tertiary/aromatic N) is 3. The van der Waals surface area contributed by atoms with Crippen LogP contribution in [0.1, 0.15) is 35.2 Å². The standard InChI is InChI=1S/C26H31N3O3/c30-24(22-8-18-32-20-22)28-12-9-26(10-13-28)19-23(26)25(31)29-16-14-27(15-17-29)11-4-7-21-5-2-1-3-6-21/h1-8,18,20,23H,9-17,19H2/b7-4+. The molecule has 1 aromatic carbocycles. The summed E-state index contributed by atoms with van der Waals surface area (Å²) in [7, 11) is 0. The average molecular weight is 434 g/mol. The molecular weight excluding hydrogens is 402 g/mol. The van der Waals surface area contributed by atoms with E-state index in [1.54, 1.807) is 6.07 Å². The Morgan fingerprint density at radius 3 is 2.41 bits per heavy atom. The third-order valence-electron chi connectivity index (χ3n) is 7.46. The Kier molecular flexibility index (Phi) is 5.87. The van der Waals surface area contributed by atoms with Gasteiger partial charge in [0.15, 0.2) is 0 Å². The normalized spacial score (nSPS) is 23.1. The maximum Gasteiger partial charge on any atom is 0.257 e. The van der Waals surface area contributed by atoms with Crippen molar-refractivity contribution in [3.63, 3.8) is 0 Å². The maximum atomic E-state index is 13.1. The van der Waals surface area contributed by atoms with Crippen LogP contribution < -0.4 is 0 Å². The van der Waals surface area contributed by atoms with Gasteiger partial charge in [0, 0.05) is 51.7 Å². The van der Waals surface area contributed by atoms with Crippen LogP contribution in [0.15, 0.2) is 59.4 Å². The van der Waals surface area contributed by atoms with Gasteiger partial charge in [0.1, 0.15) is 6.26 Å². The van der Waals surface area contributed by atoms with E-state index in [1.165, 1.54) is 18.1 Å². The minimum Gasteiger partial charge on any atom is -0.472 e. The number of furan rings is 1. The summed E-state index contributed by atoms with van der Waals surface area (Å²) in [4.78, 5) is 32.0. The predicted molar refractivity (Wildman–Crippen MR) is 123 cm³/mol. The molecule has 1 spiro atoms. The van der Waals surface area contributed by atoms with Crippen LogP contribution in [-0.4, -0.2) is 72.3 Å².